The van der Waals surface area contributed by atoms with Gasteiger partial charge in [0.25, 0.3) is 0 Å². The summed E-state index contributed by atoms with van der Waals surface area (Å²) in [5.74, 6) is -0.864. The van der Waals surface area contributed by atoms with E-state index >= 15 is 0 Å². The molecule has 0 saturated heterocycles. The number of aromatic nitrogens is 1. The third kappa shape index (κ3) is 5.04. The quantitative estimate of drug-likeness (QED) is 0.646. The van der Waals surface area contributed by atoms with Crippen molar-refractivity contribution in [3.63, 3.8) is 0 Å². The molecule has 1 heterocycles. The van der Waals surface area contributed by atoms with Crippen molar-refractivity contribution in [1.29, 1.82) is 0 Å². The topological polar surface area (TPSA) is 79.3 Å². The molecule has 114 valence electrons. The van der Waals surface area contributed by atoms with E-state index in [4.69, 9.17) is 5.11 Å². The van der Waals surface area contributed by atoms with Crippen LogP contribution in [0.25, 0.3) is 0 Å². The van der Waals surface area contributed by atoms with Crippen LogP contribution in [0.4, 0.5) is 0 Å². The molecule has 1 amide bonds. The molecule has 6 heteroatoms. The van der Waals surface area contributed by atoms with Gasteiger partial charge in [0.05, 0.1) is 11.3 Å². The van der Waals surface area contributed by atoms with Crippen molar-refractivity contribution in [2.45, 2.75) is 49.6 Å². The fraction of sp³-hybridized carbons (Fsp3) is 0.533. The third-order valence-electron chi connectivity index (χ3n) is 3.56. The molecule has 0 atom stereocenters. The minimum absolute atomic E-state index is 0.0473. The molecular formula is C15H20N2O3S. The van der Waals surface area contributed by atoms with Crippen molar-refractivity contribution in [3.05, 3.63) is 23.9 Å². The summed E-state index contributed by atoms with van der Waals surface area (Å²) in [5, 5.41) is 12.5. The first-order valence-corrected chi connectivity index (χ1v) is 8.26. The second-order valence-corrected chi connectivity index (χ2v) is 6.17. The molecule has 2 rings (SSSR count). The zero-order chi connectivity index (χ0) is 15.1. The van der Waals surface area contributed by atoms with Crippen LogP contribution >= 0.6 is 11.8 Å². The van der Waals surface area contributed by atoms with Crippen LogP contribution in [0.5, 0.6) is 0 Å². The maximum absolute atomic E-state index is 12.0. The van der Waals surface area contributed by atoms with Crippen molar-refractivity contribution >= 4 is 23.6 Å². The van der Waals surface area contributed by atoms with Crippen LogP contribution in [-0.2, 0) is 4.79 Å². The fourth-order valence-electron chi connectivity index (χ4n) is 2.50. The number of aromatic carboxylic acids is 1. The van der Waals surface area contributed by atoms with Gasteiger partial charge >= 0.3 is 5.97 Å². The van der Waals surface area contributed by atoms with Crippen LogP contribution < -0.4 is 5.32 Å². The number of amides is 1. The summed E-state index contributed by atoms with van der Waals surface area (Å²) < 4.78 is 0. The minimum Gasteiger partial charge on any atom is -0.478 e. The largest absolute Gasteiger partial charge is 0.478 e. The Morgan fingerprint density at radius 3 is 2.67 bits per heavy atom. The lowest BCUT2D eigenvalue weighted by Gasteiger charge is -2.16. The van der Waals surface area contributed by atoms with Crippen LogP contribution in [0, 0.1) is 0 Å². The van der Waals surface area contributed by atoms with Crippen molar-refractivity contribution in [2.24, 2.45) is 0 Å². The number of nitrogens with zero attached hydrogens (tertiary/aromatic N) is 1. The highest BCUT2D eigenvalue weighted by Crippen LogP contribution is 2.21. The summed E-state index contributed by atoms with van der Waals surface area (Å²) in [4.78, 5) is 27.1. The highest BCUT2D eigenvalue weighted by molar-refractivity contribution is 8.00. The second kappa shape index (κ2) is 8.02. The van der Waals surface area contributed by atoms with Gasteiger partial charge in [0, 0.05) is 12.2 Å². The molecule has 0 bridgehead atoms. The van der Waals surface area contributed by atoms with Crippen LogP contribution in [0.3, 0.4) is 0 Å². The van der Waals surface area contributed by atoms with E-state index in [0.29, 0.717) is 5.03 Å². The average molecular weight is 308 g/mol. The minimum atomic E-state index is -1.02. The van der Waals surface area contributed by atoms with Gasteiger partial charge in [-0.15, -0.1) is 0 Å². The summed E-state index contributed by atoms with van der Waals surface area (Å²) in [6.07, 6.45) is 8.45. The number of hydrogen-bond donors (Lipinski definition) is 2. The predicted octanol–water partition coefficient (Wildman–Crippen LogP) is 2.71. The first-order valence-electron chi connectivity index (χ1n) is 7.27. The normalized spacial score (nSPS) is 16.2. The molecule has 1 aliphatic rings. The molecule has 1 aromatic rings. The Labute approximate surface area is 128 Å². The molecule has 0 radical (unpaired) electrons. The molecule has 1 saturated carbocycles. The molecule has 0 aliphatic heterocycles. The number of hydrogen-bond acceptors (Lipinski definition) is 4. The Balaban J connectivity index is 1.85. The molecule has 1 aromatic heterocycles. The van der Waals surface area contributed by atoms with Crippen LogP contribution in [0.2, 0.25) is 0 Å². The average Bonchev–Trinajstić information content (AvgIpc) is 2.74. The number of carboxylic acids is 1. The maximum Gasteiger partial charge on any atom is 0.338 e. The number of carboxylic acid groups (broad SMARTS) is 1. The Hall–Kier alpha value is -1.56. The number of pyridine rings is 1. The van der Waals surface area contributed by atoms with Crippen molar-refractivity contribution in [2.75, 3.05) is 5.75 Å². The van der Waals surface area contributed by atoms with Crippen LogP contribution in [-0.4, -0.2) is 33.8 Å². The van der Waals surface area contributed by atoms with Gasteiger partial charge in [0.15, 0.2) is 0 Å². The van der Waals surface area contributed by atoms with Crippen molar-refractivity contribution < 1.29 is 14.7 Å². The van der Waals surface area contributed by atoms with Crippen molar-refractivity contribution in [3.8, 4) is 0 Å². The van der Waals surface area contributed by atoms with Gasteiger partial charge in [0.2, 0.25) is 5.91 Å². The summed E-state index contributed by atoms with van der Waals surface area (Å²) >= 11 is 1.17. The van der Waals surface area contributed by atoms with Gasteiger partial charge in [-0.1, -0.05) is 37.4 Å². The van der Waals surface area contributed by atoms with Gasteiger partial charge < -0.3 is 10.4 Å². The first kappa shape index (κ1) is 15.8. The van der Waals surface area contributed by atoms with E-state index in [1.807, 2.05) is 0 Å². The van der Waals surface area contributed by atoms with Crippen molar-refractivity contribution in [1.82, 2.24) is 10.3 Å². The van der Waals surface area contributed by atoms with Gasteiger partial charge in [-0.25, -0.2) is 9.78 Å². The van der Waals surface area contributed by atoms with E-state index in [-0.39, 0.29) is 23.3 Å². The monoisotopic (exact) mass is 308 g/mol. The lowest BCUT2D eigenvalue weighted by atomic mass is 10.1. The summed E-state index contributed by atoms with van der Waals surface area (Å²) in [6, 6.07) is 3.35. The molecule has 1 fully saturated rings. The van der Waals surface area contributed by atoms with Crippen LogP contribution in [0.1, 0.15) is 48.9 Å². The lowest BCUT2D eigenvalue weighted by molar-refractivity contribution is -0.119. The second-order valence-electron chi connectivity index (χ2n) is 5.21. The molecular weight excluding hydrogens is 288 g/mol. The molecule has 21 heavy (non-hydrogen) atoms. The fourth-order valence-corrected chi connectivity index (χ4v) is 3.29. The van der Waals surface area contributed by atoms with E-state index in [1.165, 1.54) is 49.7 Å². The van der Waals surface area contributed by atoms with E-state index in [2.05, 4.69) is 10.3 Å². The van der Waals surface area contributed by atoms with Crippen LogP contribution in [0.15, 0.2) is 23.4 Å². The highest BCUT2D eigenvalue weighted by atomic mass is 32.2. The number of rotatable bonds is 5. The Morgan fingerprint density at radius 2 is 2.00 bits per heavy atom. The Morgan fingerprint density at radius 1 is 1.29 bits per heavy atom. The SMILES string of the molecule is O=C(CSc1ncccc1C(=O)O)NC1CCCCCC1. The first-order chi connectivity index (χ1) is 10.2. The lowest BCUT2D eigenvalue weighted by Crippen LogP contribution is -2.35. The predicted molar refractivity (Wildman–Crippen MR) is 81.6 cm³/mol. The highest BCUT2D eigenvalue weighted by Gasteiger charge is 2.16. The Kier molecular flexibility index (Phi) is 6.04. The standard InChI is InChI=1S/C15H20N2O3S/c18-13(17-11-6-3-1-2-4-7-11)10-21-14-12(15(19)20)8-5-9-16-14/h5,8-9,11H,1-4,6-7,10H2,(H,17,18)(H,19,20). The third-order valence-corrected chi connectivity index (χ3v) is 4.57. The van der Waals surface area contributed by atoms with Gasteiger partial charge in [-0.3, -0.25) is 4.79 Å². The number of nitrogens with one attached hydrogen (secondary N) is 1. The molecule has 2 N–H and O–H groups in total. The van der Waals surface area contributed by atoms with Gasteiger partial charge in [-0.2, -0.15) is 0 Å². The molecule has 1 aliphatic carbocycles. The van der Waals surface area contributed by atoms with E-state index < -0.39 is 5.97 Å². The van der Waals surface area contributed by atoms with E-state index in [1.54, 1.807) is 6.07 Å². The number of carbonyl (C=O) groups excluding carboxylic acids is 1. The molecule has 5 nitrogen and oxygen atoms in total. The van der Waals surface area contributed by atoms with Gasteiger partial charge in [0.1, 0.15) is 5.03 Å². The zero-order valence-electron chi connectivity index (χ0n) is 11.9. The molecule has 0 aromatic carbocycles. The summed E-state index contributed by atoms with van der Waals surface area (Å²) in [5.41, 5.74) is 0.143. The van der Waals surface area contributed by atoms with Gasteiger partial charge in [-0.05, 0) is 25.0 Å². The zero-order valence-corrected chi connectivity index (χ0v) is 12.7. The summed E-state index contributed by atoms with van der Waals surface area (Å²) in [6.45, 7) is 0. The van der Waals surface area contributed by atoms with E-state index in [9.17, 15) is 9.59 Å². The maximum atomic E-state index is 12.0. The van der Waals surface area contributed by atoms with E-state index in [0.717, 1.165) is 12.8 Å². The summed E-state index contributed by atoms with van der Waals surface area (Å²) in [7, 11) is 0. The molecule has 0 unspecified atom stereocenters. The molecule has 0 spiro atoms. The number of thioether (sulfide) groups is 1. The Bertz CT molecular complexity index is 499. The smallest absolute Gasteiger partial charge is 0.338 e. The number of carbonyl (C=O) groups is 2.